The molecule has 1 atom stereocenters. The van der Waals surface area contributed by atoms with Gasteiger partial charge in [-0.1, -0.05) is 0 Å². The second kappa shape index (κ2) is 3.48. The highest BCUT2D eigenvalue weighted by Gasteiger charge is 2.48. The molecular formula is C10H21N3O2. The molecular weight excluding hydrogens is 194 g/mol. The third kappa shape index (κ3) is 1.71. The Kier molecular flexibility index (Phi) is 2.42. The first-order valence-corrected chi connectivity index (χ1v) is 5.41. The maximum atomic E-state index is 11.7. The number of carbonyl (C=O) groups is 2. The van der Waals surface area contributed by atoms with Gasteiger partial charge in [0, 0.05) is 15.4 Å². The zero-order chi connectivity index (χ0) is 11.1. The van der Waals surface area contributed by atoms with Crippen LogP contribution in [0.15, 0.2) is 0 Å². The van der Waals surface area contributed by atoms with Crippen molar-refractivity contribution in [3.63, 3.8) is 0 Å². The van der Waals surface area contributed by atoms with E-state index in [1.54, 1.807) is 0 Å². The molecule has 0 aromatic carbocycles. The van der Waals surface area contributed by atoms with Crippen molar-refractivity contribution in [3.05, 3.63) is 0 Å². The number of hydrogen-bond acceptors (Lipinski definition) is 3. The van der Waals surface area contributed by atoms with Crippen LogP contribution in [0.5, 0.6) is 0 Å². The lowest BCUT2D eigenvalue weighted by Gasteiger charge is -2.40. The lowest BCUT2D eigenvalue weighted by molar-refractivity contribution is -0.126. The molecule has 0 aromatic rings. The third-order valence-corrected chi connectivity index (χ3v) is 3.27. The Hall–Kier alpha value is -1.10. The molecule has 2 heterocycles. The monoisotopic (exact) mass is 215 g/mol. The number of nitrogens with one attached hydrogen (secondary N) is 2. The fraction of sp³-hybridized carbons (Fsp3) is 0.800. The van der Waals surface area contributed by atoms with Crippen molar-refractivity contribution in [3.8, 4) is 0 Å². The number of amides is 3. The molecule has 0 bridgehead atoms. The first kappa shape index (κ1) is 10.4. The number of piperidine rings is 1. The number of carbonyl (C=O) groups excluding carboxylic acids is 2. The van der Waals surface area contributed by atoms with Gasteiger partial charge >= 0.3 is 6.03 Å². The van der Waals surface area contributed by atoms with Crippen molar-refractivity contribution < 1.29 is 12.4 Å². The summed E-state index contributed by atoms with van der Waals surface area (Å²) in [5.41, 5.74) is -0.667. The van der Waals surface area contributed by atoms with E-state index in [0.29, 0.717) is 12.6 Å². The standard InChI is InChI=1S/C10H17N3O2.2H2/c1-7(2)13-5-3-4-10(6-13)8(14)11-9(15)12-10;;/h7H,3-6H2,1-2H3,(H2,11,12,14,15);2*1H/t10-;;/m1../s1. The Bertz CT molecular complexity index is 312. The van der Waals surface area contributed by atoms with E-state index < -0.39 is 5.54 Å². The van der Waals surface area contributed by atoms with Crippen LogP contribution >= 0.6 is 0 Å². The van der Waals surface area contributed by atoms with Gasteiger partial charge in [0.05, 0.1) is 0 Å². The number of hydrogen-bond donors (Lipinski definition) is 2. The molecule has 1 spiro atoms. The lowest BCUT2D eigenvalue weighted by atomic mass is 9.88. The van der Waals surface area contributed by atoms with Gasteiger partial charge in [-0.05, 0) is 33.2 Å². The van der Waals surface area contributed by atoms with E-state index in [-0.39, 0.29) is 14.8 Å². The maximum absolute atomic E-state index is 11.7. The highest BCUT2D eigenvalue weighted by Crippen LogP contribution is 2.25. The van der Waals surface area contributed by atoms with Crippen LogP contribution in [0.25, 0.3) is 0 Å². The number of likely N-dealkylation sites (tertiary alicyclic amines) is 1. The summed E-state index contributed by atoms with van der Waals surface area (Å²) in [4.78, 5) is 25.1. The Labute approximate surface area is 92.2 Å². The second-order valence-electron chi connectivity index (χ2n) is 4.66. The minimum absolute atomic E-state index is 0. The predicted octanol–water partition coefficient (Wildman–Crippen LogP) is 0.561. The first-order valence-electron chi connectivity index (χ1n) is 5.41. The maximum Gasteiger partial charge on any atom is 0.322 e. The smallest absolute Gasteiger partial charge is 0.322 e. The van der Waals surface area contributed by atoms with Crippen molar-refractivity contribution in [2.45, 2.75) is 38.3 Å². The molecule has 2 N–H and O–H groups in total. The highest BCUT2D eigenvalue weighted by molar-refractivity contribution is 6.07. The van der Waals surface area contributed by atoms with Gasteiger partial charge in [-0.2, -0.15) is 0 Å². The Morgan fingerprint density at radius 3 is 2.73 bits per heavy atom. The number of urea groups is 1. The molecule has 0 radical (unpaired) electrons. The SMILES string of the molecule is CC(C)N1CCC[C@]2(C1)NC(=O)NC2=O.[HH].[HH]. The largest absolute Gasteiger partial charge is 0.322 e. The molecule has 2 aliphatic rings. The summed E-state index contributed by atoms with van der Waals surface area (Å²) in [5.74, 6) is -0.169. The van der Waals surface area contributed by atoms with Crippen molar-refractivity contribution in [1.29, 1.82) is 0 Å². The van der Waals surface area contributed by atoms with E-state index >= 15 is 0 Å². The molecule has 0 aliphatic carbocycles. The van der Waals surface area contributed by atoms with E-state index in [4.69, 9.17) is 0 Å². The van der Waals surface area contributed by atoms with Gasteiger partial charge in [-0.25, -0.2) is 4.79 Å². The van der Waals surface area contributed by atoms with Gasteiger partial charge in [0.1, 0.15) is 5.54 Å². The fourth-order valence-electron chi connectivity index (χ4n) is 2.34. The van der Waals surface area contributed by atoms with E-state index in [9.17, 15) is 9.59 Å². The molecule has 3 amide bonds. The summed E-state index contributed by atoms with van der Waals surface area (Å²) in [7, 11) is 0. The van der Waals surface area contributed by atoms with Crippen LogP contribution in [0.3, 0.4) is 0 Å². The van der Waals surface area contributed by atoms with Crippen LogP contribution in [0.1, 0.15) is 29.5 Å². The summed E-state index contributed by atoms with van der Waals surface area (Å²) in [6.07, 6.45) is 1.69. The third-order valence-electron chi connectivity index (χ3n) is 3.27. The molecule has 0 saturated carbocycles. The van der Waals surface area contributed by atoms with E-state index in [1.165, 1.54) is 0 Å². The number of imide groups is 1. The van der Waals surface area contributed by atoms with Crippen LogP contribution in [-0.4, -0.2) is 41.5 Å². The van der Waals surface area contributed by atoms with E-state index in [2.05, 4.69) is 29.4 Å². The van der Waals surface area contributed by atoms with Crippen molar-refractivity contribution in [1.82, 2.24) is 15.5 Å². The first-order chi connectivity index (χ1) is 7.03. The number of rotatable bonds is 1. The van der Waals surface area contributed by atoms with Crippen LogP contribution in [0.4, 0.5) is 4.79 Å². The van der Waals surface area contributed by atoms with Gasteiger partial charge in [-0.15, -0.1) is 0 Å². The van der Waals surface area contributed by atoms with Gasteiger partial charge < -0.3 is 5.32 Å². The molecule has 5 heteroatoms. The average Bonchev–Trinajstić information content (AvgIpc) is 2.41. The van der Waals surface area contributed by atoms with Crippen LogP contribution in [0.2, 0.25) is 0 Å². The normalized spacial score (nSPS) is 32.2. The zero-order valence-electron chi connectivity index (χ0n) is 9.17. The molecule has 2 rings (SSSR count). The summed E-state index contributed by atoms with van der Waals surface area (Å²) in [6.45, 7) is 5.84. The van der Waals surface area contributed by atoms with Crippen molar-refractivity contribution in [2.24, 2.45) is 0 Å². The zero-order valence-corrected chi connectivity index (χ0v) is 9.17. The summed E-state index contributed by atoms with van der Waals surface area (Å²) in [6, 6.07) is 0.0538. The molecule has 2 aliphatic heterocycles. The summed E-state index contributed by atoms with van der Waals surface area (Å²) < 4.78 is 0. The van der Waals surface area contributed by atoms with Gasteiger partial charge in [-0.3, -0.25) is 15.0 Å². The van der Waals surface area contributed by atoms with Gasteiger partial charge in [0.15, 0.2) is 0 Å². The molecule has 15 heavy (non-hydrogen) atoms. The molecule has 2 saturated heterocycles. The highest BCUT2D eigenvalue weighted by atomic mass is 16.2. The minimum Gasteiger partial charge on any atom is -0.322 e. The van der Waals surface area contributed by atoms with E-state index in [1.807, 2.05) is 0 Å². The van der Waals surface area contributed by atoms with E-state index in [0.717, 1.165) is 19.4 Å². The van der Waals surface area contributed by atoms with Crippen molar-refractivity contribution in [2.75, 3.05) is 13.1 Å². The minimum atomic E-state index is -0.667. The number of nitrogens with zero attached hydrogens (tertiary/aromatic N) is 1. The topological polar surface area (TPSA) is 61.4 Å². The summed E-state index contributed by atoms with van der Waals surface area (Å²) >= 11 is 0. The average molecular weight is 215 g/mol. The Morgan fingerprint density at radius 1 is 1.47 bits per heavy atom. The second-order valence-corrected chi connectivity index (χ2v) is 4.66. The molecule has 0 aromatic heterocycles. The van der Waals surface area contributed by atoms with Crippen LogP contribution in [-0.2, 0) is 4.79 Å². The molecule has 88 valence electrons. The summed E-state index contributed by atoms with van der Waals surface area (Å²) in [5, 5.41) is 5.08. The Morgan fingerprint density at radius 2 is 2.20 bits per heavy atom. The van der Waals surface area contributed by atoms with Gasteiger partial charge in [0.25, 0.3) is 5.91 Å². The van der Waals surface area contributed by atoms with Crippen molar-refractivity contribution >= 4 is 11.9 Å². The van der Waals surface area contributed by atoms with Crippen LogP contribution < -0.4 is 10.6 Å². The predicted molar refractivity (Wildman–Crippen MR) is 59.6 cm³/mol. The fourth-order valence-corrected chi connectivity index (χ4v) is 2.34. The molecule has 0 unspecified atom stereocenters. The molecule has 5 nitrogen and oxygen atoms in total. The quantitative estimate of drug-likeness (QED) is 0.628. The Balaban J connectivity index is 0.00000128. The molecule has 2 fully saturated rings. The van der Waals surface area contributed by atoms with Gasteiger partial charge in [0.2, 0.25) is 0 Å². The van der Waals surface area contributed by atoms with Crippen LogP contribution in [0, 0.1) is 0 Å². The lowest BCUT2D eigenvalue weighted by Crippen LogP contribution is -2.59.